The van der Waals surface area contributed by atoms with Gasteiger partial charge in [-0.05, 0) is 37.3 Å². The minimum Gasteiger partial charge on any atom is -0.481 e. The molecule has 3 heterocycles. The van der Waals surface area contributed by atoms with Crippen molar-refractivity contribution in [1.82, 2.24) is 9.97 Å². The Bertz CT molecular complexity index is 1420. The third-order valence-corrected chi connectivity index (χ3v) is 7.04. The van der Waals surface area contributed by atoms with Crippen LogP contribution in [0.2, 0.25) is 0 Å². The minimum absolute atomic E-state index is 0.360. The molecule has 2 aromatic heterocycles. The summed E-state index contributed by atoms with van der Waals surface area (Å²) < 4.78 is 11.9. The first-order valence-electron chi connectivity index (χ1n) is 11.8. The molecule has 7 heteroatoms. The van der Waals surface area contributed by atoms with Gasteiger partial charge in [0.15, 0.2) is 17.9 Å². The second-order valence-corrected chi connectivity index (χ2v) is 9.49. The van der Waals surface area contributed by atoms with Gasteiger partial charge in [0, 0.05) is 29.8 Å². The van der Waals surface area contributed by atoms with Crippen LogP contribution in [0.5, 0.6) is 0 Å². The summed E-state index contributed by atoms with van der Waals surface area (Å²) in [6.07, 6.45) is 9.69. The van der Waals surface area contributed by atoms with Crippen molar-refractivity contribution in [3.8, 4) is 33.9 Å². The average molecular weight is 468 g/mol. The molecule has 1 aliphatic heterocycles. The minimum atomic E-state index is -0.831. The van der Waals surface area contributed by atoms with Crippen molar-refractivity contribution in [2.75, 3.05) is 18.0 Å². The summed E-state index contributed by atoms with van der Waals surface area (Å²) in [6, 6.07) is 14.6. The van der Waals surface area contributed by atoms with Gasteiger partial charge in [-0.3, -0.25) is 4.79 Å². The molecule has 1 unspecified atom stereocenters. The van der Waals surface area contributed by atoms with E-state index in [0.29, 0.717) is 37.0 Å². The Hall–Kier alpha value is -4.13. The molecule has 6 rings (SSSR count). The lowest BCUT2D eigenvalue weighted by atomic mass is 9.82. The number of aromatic nitrogens is 2. The monoisotopic (exact) mass is 467 g/mol. The van der Waals surface area contributed by atoms with Gasteiger partial charge in [0.1, 0.15) is 5.69 Å². The van der Waals surface area contributed by atoms with E-state index in [1.165, 1.54) is 12.0 Å². The van der Waals surface area contributed by atoms with Crippen molar-refractivity contribution in [3.05, 3.63) is 72.3 Å². The number of nitrogens with zero attached hydrogens (tertiary/aromatic N) is 3. The number of benzene rings is 2. The normalized spacial score (nSPS) is 19.2. The molecule has 1 fully saturated rings. The summed E-state index contributed by atoms with van der Waals surface area (Å²) in [6.45, 7) is 2.86. The van der Waals surface area contributed by atoms with Crippen molar-refractivity contribution in [2.24, 2.45) is 5.41 Å². The molecule has 0 radical (unpaired) electrons. The summed E-state index contributed by atoms with van der Waals surface area (Å²) in [5.74, 6) is 0.603. The zero-order chi connectivity index (χ0) is 24.0. The van der Waals surface area contributed by atoms with Gasteiger partial charge < -0.3 is 18.8 Å². The molecule has 7 nitrogen and oxygen atoms in total. The van der Waals surface area contributed by atoms with E-state index < -0.39 is 11.4 Å². The van der Waals surface area contributed by atoms with Gasteiger partial charge in [0.05, 0.1) is 11.6 Å². The van der Waals surface area contributed by atoms with Crippen LogP contribution in [0.3, 0.4) is 0 Å². The third-order valence-electron chi connectivity index (χ3n) is 7.04. The van der Waals surface area contributed by atoms with Crippen LogP contribution >= 0.6 is 0 Å². The number of rotatable bonds is 5. The lowest BCUT2D eigenvalue weighted by Gasteiger charge is -2.36. The predicted molar refractivity (Wildman–Crippen MR) is 133 cm³/mol. The second-order valence-electron chi connectivity index (χ2n) is 9.49. The Kier molecular flexibility index (Phi) is 5.06. The van der Waals surface area contributed by atoms with E-state index in [0.717, 1.165) is 40.8 Å². The van der Waals surface area contributed by atoms with E-state index in [1.54, 1.807) is 13.1 Å². The van der Waals surface area contributed by atoms with Crippen molar-refractivity contribution >= 4 is 18.1 Å². The lowest BCUT2D eigenvalue weighted by Crippen LogP contribution is -2.46. The number of allylic oxidation sites excluding steroid dienone is 1. The highest BCUT2D eigenvalue weighted by Crippen LogP contribution is 2.41. The maximum atomic E-state index is 11.9. The van der Waals surface area contributed by atoms with Crippen LogP contribution in [-0.4, -0.2) is 34.1 Å². The molecule has 1 N–H and O–H groups in total. The summed E-state index contributed by atoms with van der Waals surface area (Å²) in [4.78, 5) is 22.8. The molecule has 0 saturated carbocycles. The average Bonchev–Trinajstić information content (AvgIpc) is 3.65. The lowest BCUT2D eigenvalue weighted by molar-refractivity contribution is -0.148. The van der Waals surface area contributed by atoms with Crippen LogP contribution in [-0.2, 0) is 11.2 Å². The number of anilines is 1. The van der Waals surface area contributed by atoms with Gasteiger partial charge in [-0.2, -0.15) is 4.98 Å². The van der Waals surface area contributed by atoms with Crippen LogP contribution in [0, 0.1) is 5.41 Å². The highest BCUT2D eigenvalue weighted by molar-refractivity contribution is 5.85. The van der Waals surface area contributed by atoms with Gasteiger partial charge in [0.2, 0.25) is 0 Å². The van der Waals surface area contributed by atoms with E-state index in [2.05, 4.69) is 29.3 Å². The van der Waals surface area contributed by atoms with E-state index in [4.69, 9.17) is 13.8 Å². The molecule has 2 aliphatic rings. The first-order valence-corrected chi connectivity index (χ1v) is 11.8. The fourth-order valence-electron chi connectivity index (χ4n) is 5.04. The molecule has 1 aliphatic carbocycles. The van der Waals surface area contributed by atoms with Crippen LogP contribution < -0.4 is 4.90 Å². The topological polar surface area (TPSA) is 92.6 Å². The molecule has 176 valence electrons. The van der Waals surface area contributed by atoms with Gasteiger partial charge >= 0.3 is 5.97 Å². The van der Waals surface area contributed by atoms with Gasteiger partial charge in [-0.1, -0.05) is 54.6 Å². The Morgan fingerprint density at radius 2 is 1.97 bits per heavy atom. The Morgan fingerprint density at radius 1 is 1.14 bits per heavy atom. The largest absolute Gasteiger partial charge is 0.481 e. The van der Waals surface area contributed by atoms with Crippen LogP contribution in [0.4, 0.5) is 6.01 Å². The van der Waals surface area contributed by atoms with Crippen molar-refractivity contribution in [2.45, 2.75) is 26.2 Å². The zero-order valence-electron chi connectivity index (χ0n) is 19.4. The van der Waals surface area contributed by atoms with Crippen molar-refractivity contribution in [3.63, 3.8) is 0 Å². The van der Waals surface area contributed by atoms with Gasteiger partial charge in [0.25, 0.3) is 6.01 Å². The van der Waals surface area contributed by atoms with Gasteiger partial charge in [-0.15, -0.1) is 0 Å². The maximum absolute atomic E-state index is 11.9. The Balaban J connectivity index is 1.45. The summed E-state index contributed by atoms with van der Waals surface area (Å²) in [7, 11) is 0. The van der Waals surface area contributed by atoms with Crippen LogP contribution in [0.25, 0.3) is 40.0 Å². The smallest absolute Gasteiger partial charge is 0.311 e. The number of hydrogen-bond acceptors (Lipinski definition) is 6. The molecule has 0 amide bonds. The predicted octanol–water partition coefficient (Wildman–Crippen LogP) is 5.92. The SMILES string of the molecule is CC1(C(=O)O)CCCN(c2nc(-c3ccc(-c4cnco4)cc3)c(-c3cccc4c3C=CC4)o2)C1. The van der Waals surface area contributed by atoms with E-state index >= 15 is 0 Å². The van der Waals surface area contributed by atoms with E-state index in [9.17, 15) is 9.90 Å². The molecule has 2 aromatic carbocycles. The molecule has 0 bridgehead atoms. The van der Waals surface area contributed by atoms with Crippen LogP contribution in [0.1, 0.15) is 30.9 Å². The Morgan fingerprint density at radius 3 is 2.74 bits per heavy atom. The number of oxazole rings is 2. The first-order chi connectivity index (χ1) is 17.0. The molecule has 1 atom stereocenters. The Labute approximate surface area is 202 Å². The number of fused-ring (bicyclic) bond motifs is 1. The zero-order valence-corrected chi connectivity index (χ0v) is 19.4. The second kappa shape index (κ2) is 8.27. The van der Waals surface area contributed by atoms with Crippen molar-refractivity contribution in [1.29, 1.82) is 0 Å². The van der Waals surface area contributed by atoms with Gasteiger partial charge in [-0.25, -0.2) is 4.98 Å². The van der Waals surface area contributed by atoms with E-state index in [-0.39, 0.29) is 0 Å². The standard InChI is InChI=1S/C28H25N3O4/c1-28(26(32)33)13-4-14-31(16-28)27-30-24(20-11-9-19(10-12-20)23-15-29-17-34-23)25(35-27)22-8-3-6-18-5-2-7-21(18)22/h2-3,6-12,15,17H,4-5,13-14,16H2,1H3,(H,32,33). The highest BCUT2D eigenvalue weighted by Gasteiger charge is 2.39. The molecule has 35 heavy (non-hydrogen) atoms. The summed E-state index contributed by atoms with van der Waals surface area (Å²) in [5.41, 5.74) is 5.13. The molecule has 1 saturated heterocycles. The third kappa shape index (κ3) is 3.73. The van der Waals surface area contributed by atoms with Crippen LogP contribution in [0.15, 0.2) is 70.0 Å². The molecular weight excluding hydrogens is 442 g/mol. The molecule has 4 aromatic rings. The number of carbonyl (C=O) groups is 1. The van der Waals surface area contributed by atoms with Crippen molar-refractivity contribution < 1.29 is 18.7 Å². The van der Waals surface area contributed by atoms with E-state index in [1.807, 2.05) is 35.2 Å². The first kappa shape index (κ1) is 21.4. The molecule has 0 spiro atoms. The highest BCUT2D eigenvalue weighted by atomic mass is 16.4. The fraction of sp³-hybridized carbons (Fsp3) is 0.250. The maximum Gasteiger partial charge on any atom is 0.311 e. The molecular formula is C28H25N3O4. The number of hydrogen-bond donors (Lipinski definition) is 1. The number of piperidine rings is 1. The summed E-state index contributed by atoms with van der Waals surface area (Å²) in [5, 5.41) is 9.79. The fourth-order valence-corrected chi connectivity index (χ4v) is 5.04. The number of aliphatic carboxylic acids is 1. The number of carboxylic acids is 1. The quantitative estimate of drug-likeness (QED) is 0.389. The number of carboxylic acid groups (broad SMARTS) is 1. The summed E-state index contributed by atoms with van der Waals surface area (Å²) >= 11 is 0.